The van der Waals surface area contributed by atoms with Crippen LogP contribution in [0, 0.1) is 11.3 Å². The first-order chi connectivity index (χ1) is 13.2. The molecule has 3 aromatic rings. The Balaban J connectivity index is 1.52. The van der Waals surface area contributed by atoms with Crippen molar-refractivity contribution < 1.29 is 9.53 Å². The normalized spacial score (nSPS) is 10.7. The summed E-state index contributed by atoms with van der Waals surface area (Å²) in [6.07, 6.45) is 0.935. The zero-order valence-corrected chi connectivity index (χ0v) is 14.1. The molecule has 9 nitrogen and oxygen atoms in total. The topological polar surface area (TPSA) is 129 Å². The highest BCUT2D eigenvalue weighted by molar-refractivity contribution is 5.85. The summed E-state index contributed by atoms with van der Waals surface area (Å²) in [5.41, 5.74) is 2.44. The third kappa shape index (κ3) is 5.14. The molecule has 0 aliphatic rings. The van der Waals surface area contributed by atoms with Gasteiger partial charge in [0.2, 0.25) is 5.82 Å². The third-order valence-electron chi connectivity index (χ3n) is 3.43. The van der Waals surface area contributed by atoms with Crippen LogP contribution in [0.15, 0.2) is 60.8 Å². The van der Waals surface area contributed by atoms with E-state index in [1.54, 1.807) is 24.3 Å². The number of allylic oxidation sites excluding steroid dienone is 1. The highest BCUT2D eigenvalue weighted by atomic mass is 16.5. The number of aromatic nitrogens is 4. The Morgan fingerprint density at radius 1 is 1.15 bits per heavy atom. The second kappa shape index (κ2) is 8.77. The van der Waals surface area contributed by atoms with E-state index in [2.05, 4.69) is 31.3 Å². The van der Waals surface area contributed by atoms with Crippen LogP contribution in [-0.4, -0.2) is 26.7 Å². The number of ether oxygens (including phenoxy) is 1. The van der Waals surface area contributed by atoms with E-state index in [9.17, 15) is 4.79 Å². The Bertz CT molecular complexity index is 946. The quantitative estimate of drug-likeness (QED) is 0.576. The predicted octanol–water partition coefficient (Wildman–Crippen LogP) is 2.92. The van der Waals surface area contributed by atoms with Gasteiger partial charge < -0.3 is 10.1 Å². The van der Waals surface area contributed by atoms with E-state index in [-0.39, 0.29) is 18.0 Å². The molecule has 2 aromatic carbocycles. The lowest BCUT2D eigenvalue weighted by molar-refractivity contribution is 0.155. The molecule has 0 fully saturated rings. The van der Waals surface area contributed by atoms with Crippen molar-refractivity contribution >= 4 is 23.0 Å². The Hall–Kier alpha value is -4.19. The van der Waals surface area contributed by atoms with Crippen molar-refractivity contribution in [3.05, 3.63) is 72.2 Å². The fraction of sp³-hybridized carbons (Fsp3) is 0.0556. The van der Waals surface area contributed by atoms with Gasteiger partial charge in [0.05, 0.1) is 0 Å². The lowest BCUT2D eigenvalue weighted by Gasteiger charge is -2.08. The van der Waals surface area contributed by atoms with Crippen molar-refractivity contribution in [3.63, 3.8) is 0 Å². The van der Waals surface area contributed by atoms with E-state index in [1.807, 2.05) is 36.4 Å². The second-order valence-electron chi connectivity index (χ2n) is 5.31. The Kier molecular flexibility index (Phi) is 5.73. The molecule has 0 bridgehead atoms. The minimum absolute atomic E-state index is 0.199. The van der Waals surface area contributed by atoms with Gasteiger partial charge in [-0.05, 0) is 35.0 Å². The molecular weight excluding hydrogens is 346 g/mol. The van der Waals surface area contributed by atoms with Crippen LogP contribution in [-0.2, 0) is 11.3 Å². The Labute approximate surface area is 154 Å². The molecule has 3 N–H and O–H groups in total. The summed E-state index contributed by atoms with van der Waals surface area (Å²) in [4.78, 5) is 11.8. The molecule has 0 spiro atoms. The maximum absolute atomic E-state index is 11.8. The molecular formula is C18H15N7O2. The molecule has 0 saturated carbocycles. The van der Waals surface area contributed by atoms with Crippen LogP contribution >= 0.6 is 0 Å². The van der Waals surface area contributed by atoms with E-state index < -0.39 is 6.09 Å². The number of nitriles is 1. The van der Waals surface area contributed by atoms with E-state index in [0.717, 1.165) is 11.3 Å². The van der Waals surface area contributed by atoms with Crippen LogP contribution in [0.4, 0.5) is 16.2 Å². The fourth-order valence-corrected chi connectivity index (χ4v) is 2.11. The molecule has 1 heterocycles. The summed E-state index contributed by atoms with van der Waals surface area (Å²) in [5, 5.41) is 27.9. The molecule has 0 aliphatic heterocycles. The first kappa shape index (κ1) is 17.6. The smallest absolute Gasteiger partial charge is 0.411 e. The van der Waals surface area contributed by atoms with Gasteiger partial charge in [-0.25, -0.2) is 4.79 Å². The molecule has 134 valence electrons. The molecule has 1 aromatic heterocycles. The summed E-state index contributed by atoms with van der Waals surface area (Å²) in [7, 11) is 0. The predicted molar refractivity (Wildman–Crippen MR) is 98.1 cm³/mol. The molecule has 1 amide bonds. The number of nitrogens with zero attached hydrogens (tertiary/aromatic N) is 4. The van der Waals surface area contributed by atoms with Gasteiger partial charge in [0, 0.05) is 17.6 Å². The molecule has 3 rings (SSSR count). The molecule has 0 radical (unpaired) electrons. The summed E-state index contributed by atoms with van der Waals surface area (Å²) in [5.74, 6) is 0.199. The van der Waals surface area contributed by atoms with Crippen LogP contribution in [0.5, 0.6) is 0 Å². The van der Waals surface area contributed by atoms with Gasteiger partial charge >= 0.3 is 6.09 Å². The highest BCUT2D eigenvalue weighted by Gasteiger charge is 2.06. The number of hydrogen-bond acceptors (Lipinski definition) is 7. The van der Waals surface area contributed by atoms with Gasteiger partial charge in [-0.3, -0.25) is 5.32 Å². The van der Waals surface area contributed by atoms with Gasteiger partial charge in [0.25, 0.3) is 0 Å². The van der Waals surface area contributed by atoms with Crippen molar-refractivity contribution in [2.75, 3.05) is 10.6 Å². The van der Waals surface area contributed by atoms with Crippen molar-refractivity contribution in [1.29, 1.82) is 5.26 Å². The molecule has 27 heavy (non-hydrogen) atoms. The molecule has 0 aliphatic carbocycles. The van der Waals surface area contributed by atoms with Gasteiger partial charge in [-0.1, -0.05) is 30.3 Å². The maximum atomic E-state index is 11.8. The van der Waals surface area contributed by atoms with E-state index in [4.69, 9.17) is 10.00 Å². The monoisotopic (exact) mass is 361 g/mol. The lowest BCUT2D eigenvalue weighted by Crippen LogP contribution is -2.13. The van der Waals surface area contributed by atoms with Crippen LogP contribution in [0.1, 0.15) is 11.4 Å². The second-order valence-corrected chi connectivity index (χ2v) is 5.31. The number of carbonyl (C=O) groups excluding carboxylic acids is 1. The van der Waals surface area contributed by atoms with E-state index >= 15 is 0 Å². The van der Waals surface area contributed by atoms with Crippen molar-refractivity contribution in [1.82, 2.24) is 20.6 Å². The average Bonchev–Trinajstić information content (AvgIpc) is 3.24. The van der Waals surface area contributed by atoms with Gasteiger partial charge in [0.1, 0.15) is 18.2 Å². The lowest BCUT2D eigenvalue weighted by atomic mass is 10.2. The minimum atomic E-state index is -0.539. The summed E-state index contributed by atoms with van der Waals surface area (Å²) < 4.78 is 5.16. The number of amides is 1. The van der Waals surface area contributed by atoms with Crippen LogP contribution < -0.4 is 10.6 Å². The number of carbonyl (C=O) groups is 1. The average molecular weight is 361 g/mol. The first-order valence-electron chi connectivity index (χ1n) is 7.93. The number of H-pyrrole nitrogens is 1. The number of nitrogens with one attached hydrogen (secondary N) is 3. The molecule has 0 unspecified atom stereocenters. The van der Waals surface area contributed by atoms with E-state index in [0.29, 0.717) is 5.69 Å². The fourth-order valence-electron chi connectivity index (χ4n) is 2.11. The third-order valence-corrected chi connectivity index (χ3v) is 3.43. The number of anilines is 2. The summed E-state index contributed by atoms with van der Waals surface area (Å²) in [6.45, 7) is 0.199. The number of hydrogen-bond donors (Lipinski definition) is 3. The minimum Gasteiger partial charge on any atom is -0.444 e. The number of benzene rings is 2. The Morgan fingerprint density at radius 3 is 2.56 bits per heavy atom. The van der Waals surface area contributed by atoms with Gasteiger partial charge in [-0.15, -0.1) is 10.2 Å². The largest absolute Gasteiger partial charge is 0.444 e. The first-order valence-corrected chi connectivity index (χ1v) is 7.93. The highest BCUT2D eigenvalue weighted by Crippen LogP contribution is 2.15. The van der Waals surface area contributed by atoms with Crippen LogP contribution in [0.25, 0.3) is 5.57 Å². The molecule has 0 atom stereocenters. The van der Waals surface area contributed by atoms with Crippen LogP contribution in [0.3, 0.4) is 0 Å². The summed E-state index contributed by atoms with van der Waals surface area (Å²) in [6, 6.07) is 18.3. The SMILES string of the molecule is N#CC(=CNc1ccc(NC(=O)OCc2ccccc2)cc1)c1nn[nH]n1. The van der Waals surface area contributed by atoms with Gasteiger partial charge in [-0.2, -0.15) is 10.5 Å². The van der Waals surface area contributed by atoms with E-state index in [1.165, 1.54) is 6.20 Å². The zero-order chi connectivity index (χ0) is 18.9. The summed E-state index contributed by atoms with van der Waals surface area (Å²) >= 11 is 0. The van der Waals surface area contributed by atoms with Gasteiger partial charge in [0.15, 0.2) is 0 Å². The van der Waals surface area contributed by atoms with Crippen LogP contribution in [0.2, 0.25) is 0 Å². The maximum Gasteiger partial charge on any atom is 0.411 e. The zero-order valence-electron chi connectivity index (χ0n) is 14.1. The van der Waals surface area contributed by atoms with Crippen molar-refractivity contribution in [2.24, 2.45) is 0 Å². The standard InChI is InChI=1S/C18H15N7O2/c19-10-14(17-22-24-25-23-17)11-20-15-6-8-16(9-7-15)21-18(26)27-12-13-4-2-1-3-5-13/h1-9,11,20H,12H2,(H,21,26)(H,22,23,24,25). The number of tetrazole rings is 1. The molecule has 9 heteroatoms. The molecule has 0 saturated heterocycles. The van der Waals surface area contributed by atoms with Crippen molar-refractivity contribution in [3.8, 4) is 6.07 Å². The van der Waals surface area contributed by atoms with Crippen molar-refractivity contribution in [2.45, 2.75) is 6.61 Å². The Morgan fingerprint density at radius 2 is 1.89 bits per heavy atom. The number of aromatic amines is 1. The number of rotatable bonds is 6.